The van der Waals surface area contributed by atoms with Gasteiger partial charge in [-0.3, -0.25) is 4.79 Å². The molecule has 0 aliphatic heterocycles. The van der Waals surface area contributed by atoms with Gasteiger partial charge in [0.1, 0.15) is 11.6 Å². The molecule has 1 amide bonds. The number of anilines is 1. The Kier molecular flexibility index (Phi) is 4.17. The molecule has 0 aliphatic rings. The van der Waals surface area contributed by atoms with Crippen LogP contribution in [0, 0.1) is 11.6 Å². The molecule has 0 unspecified atom stereocenters. The van der Waals surface area contributed by atoms with Crippen LogP contribution in [0.1, 0.15) is 10.4 Å². The van der Waals surface area contributed by atoms with E-state index in [0.29, 0.717) is 16.8 Å². The lowest BCUT2D eigenvalue weighted by atomic mass is 10.2. The number of amides is 1. The smallest absolute Gasteiger partial charge is 0.255 e. The molecule has 0 fully saturated rings. The first-order valence-corrected chi connectivity index (χ1v) is 6.35. The zero-order valence-electron chi connectivity index (χ0n) is 9.38. The molecular formula is C13H7BrClF2NO. The fourth-order valence-corrected chi connectivity index (χ4v) is 2.19. The fraction of sp³-hybridized carbons (Fsp3) is 0. The van der Waals surface area contributed by atoms with Crippen LogP contribution in [0.5, 0.6) is 0 Å². The predicted octanol–water partition coefficient (Wildman–Crippen LogP) is 4.63. The lowest BCUT2D eigenvalue weighted by Crippen LogP contribution is -2.12. The molecule has 0 aromatic heterocycles. The Bertz CT molecular complexity index is 628. The van der Waals surface area contributed by atoms with Gasteiger partial charge >= 0.3 is 0 Å². The maximum absolute atomic E-state index is 13.0. The van der Waals surface area contributed by atoms with E-state index in [-0.39, 0.29) is 5.56 Å². The Balaban J connectivity index is 2.25. The summed E-state index contributed by atoms with van der Waals surface area (Å²) in [4.78, 5) is 11.8. The van der Waals surface area contributed by atoms with Crippen molar-refractivity contribution in [2.75, 3.05) is 5.32 Å². The summed E-state index contributed by atoms with van der Waals surface area (Å²) in [5.41, 5.74) is 0.246. The van der Waals surface area contributed by atoms with Gasteiger partial charge in [0.15, 0.2) is 0 Å². The molecule has 0 heterocycles. The molecule has 0 saturated heterocycles. The molecule has 1 N–H and O–H groups in total. The van der Waals surface area contributed by atoms with Gasteiger partial charge in [-0.25, -0.2) is 8.78 Å². The molecule has 0 saturated carbocycles. The number of halogens is 4. The molecule has 0 bridgehead atoms. The number of carbonyl (C=O) groups is 1. The van der Waals surface area contributed by atoms with Gasteiger partial charge in [0.25, 0.3) is 5.91 Å². The summed E-state index contributed by atoms with van der Waals surface area (Å²) >= 11 is 9.16. The van der Waals surface area contributed by atoms with E-state index in [9.17, 15) is 13.6 Å². The van der Waals surface area contributed by atoms with Crippen LogP contribution in [0.2, 0.25) is 5.02 Å². The summed E-state index contributed by atoms with van der Waals surface area (Å²) in [6.07, 6.45) is 0. The van der Waals surface area contributed by atoms with Gasteiger partial charge in [-0.1, -0.05) is 27.5 Å². The molecule has 2 aromatic rings. The number of hydrogen-bond acceptors (Lipinski definition) is 1. The summed E-state index contributed by atoms with van der Waals surface area (Å²) in [7, 11) is 0. The highest BCUT2D eigenvalue weighted by Crippen LogP contribution is 2.26. The van der Waals surface area contributed by atoms with Crippen molar-refractivity contribution in [1.29, 1.82) is 0 Å². The second kappa shape index (κ2) is 5.67. The average Bonchev–Trinajstić information content (AvgIpc) is 2.31. The van der Waals surface area contributed by atoms with Crippen LogP contribution in [-0.2, 0) is 0 Å². The zero-order chi connectivity index (χ0) is 14.0. The first kappa shape index (κ1) is 14.0. The molecule has 19 heavy (non-hydrogen) atoms. The van der Waals surface area contributed by atoms with E-state index in [0.717, 1.165) is 16.6 Å². The number of hydrogen-bond donors (Lipinski definition) is 1. The summed E-state index contributed by atoms with van der Waals surface area (Å²) in [5.74, 6) is -2.26. The number of nitrogens with one attached hydrogen (secondary N) is 1. The van der Waals surface area contributed by atoms with Crippen LogP contribution in [0.25, 0.3) is 0 Å². The van der Waals surface area contributed by atoms with Crippen LogP contribution in [0.15, 0.2) is 40.9 Å². The minimum absolute atomic E-state index is 0.114. The van der Waals surface area contributed by atoms with E-state index in [2.05, 4.69) is 21.2 Å². The number of carbonyl (C=O) groups excluding carboxylic acids is 1. The molecule has 0 aliphatic carbocycles. The third-order valence-electron chi connectivity index (χ3n) is 2.30. The van der Waals surface area contributed by atoms with Gasteiger partial charge in [0.05, 0.1) is 10.7 Å². The molecule has 6 heteroatoms. The molecule has 98 valence electrons. The maximum Gasteiger partial charge on any atom is 0.255 e. The van der Waals surface area contributed by atoms with Crippen molar-refractivity contribution in [2.24, 2.45) is 0 Å². The number of benzene rings is 2. The van der Waals surface area contributed by atoms with E-state index < -0.39 is 17.5 Å². The van der Waals surface area contributed by atoms with Gasteiger partial charge in [-0.05, 0) is 30.3 Å². The maximum atomic E-state index is 13.0. The van der Waals surface area contributed by atoms with Gasteiger partial charge in [0.2, 0.25) is 0 Å². The van der Waals surface area contributed by atoms with Crippen molar-refractivity contribution in [3.8, 4) is 0 Å². The summed E-state index contributed by atoms with van der Waals surface area (Å²) < 4.78 is 26.8. The van der Waals surface area contributed by atoms with Crippen LogP contribution in [0.3, 0.4) is 0 Å². The Morgan fingerprint density at radius 3 is 2.32 bits per heavy atom. The van der Waals surface area contributed by atoms with E-state index >= 15 is 0 Å². The number of rotatable bonds is 2. The molecule has 0 radical (unpaired) electrons. The third-order valence-corrected chi connectivity index (χ3v) is 3.11. The normalized spacial score (nSPS) is 10.3. The van der Waals surface area contributed by atoms with Crippen molar-refractivity contribution in [1.82, 2.24) is 0 Å². The van der Waals surface area contributed by atoms with Crippen molar-refractivity contribution in [3.05, 3.63) is 63.1 Å². The SMILES string of the molecule is O=C(Nc1ccc(Br)cc1Cl)c1cc(F)cc(F)c1. The first-order chi connectivity index (χ1) is 8.95. The van der Waals surface area contributed by atoms with Crippen molar-refractivity contribution in [3.63, 3.8) is 0 Å². The minimum atomic E-state index is -0.813. The average molecular weight is 347 g/mol. The lowest BCUT2D eigenvalue weighted by Gasteiger charge is -2.07. The predicted molar refractivity (Wildman–Crippen MR) is 73.5 cm³/mol. The zero-order valence-corrected chi connectivity index (χ0v) is 11.7. The molecule has 0 atom stereocenters. The largest absolute Gasteiger partial charge is 0.321 e. The van der Waals surface area contributed by atoms with Crippen LogP contribution < -0.4 is 5.32 Å². The standard InChI is InChI=1S/C13H7BrClF2NO/c14-8-1-2-12(11(15)5-8)18-13(19)7-3-9(16)6-10(17)4-7/h1-6H,(H,18,19). The highest BCUT2D eigenvalue weighted by Gasteiger charge is 2.11. The van der Waals surface area contributed by atoms with Crippen LogP contribution >= 0.6 is 27.5 Å². The van der Waals surface area contributed by atoms with Gasteiger partial charge in [-0.2, -0.15) is 0 Å². The quantitative estimate of drug-likeness (QED) is 0.844. The van der Waals surface area contributed by atoms with E-state index in [4.69, 9.17) is 11.6 Å². The highest BCUT2D eigenvalue weighted by molar-refractivity contribution is 9.10. The van der Waals surface area contributed by atoms with Crippen LogP contribution in [0.4, 0.5) is 14.5 Å². The topological polar surface area (TPSA) is 29.1 Å². The third kappa shape index (κ3) is 3.52. The first-order valence-electron chi connectivity index (χ1n) is 5.18. The Morgan fingerprint density at radius 2 is 1.74 bits per heavy atom. The van der Waals surface area contributed by atoms with E-state index in [1.807, 2.05) is 0 Å². The van der Waals surface area contributed by atoms with Gasteiger partial charge < -0.3 is 5.32 Å². The lowest BCUT2D eigenvalue weighted by molar-refractivity contribution is 0.102. The van der Waals surface area contributed by atoms with Crippen molar-refractivity contribution in [2.45, 2.75) is 0 Å². The molecule has 0 spiro atoms. The summed E-state index contributed by atoms with van der Waals surface area (Å²) in [6.45, 7) is 0. The Morgan fingerprint density at radius 1 is 1.11 bits per heavy atom. The molecular weight excluding hydrogens is 340 g/mol. The van der Waals surface area contributed by atoms with E-state index in [1.165, 1.54) is 0 Å². The monoisotopic (exact) mass is 345 g/mol. The molecule has 2 rings (SSSR count). The Labute approximate surface area is 121 Å². The summed E-state index contributed by atoms with van der Waals surface area (Å²) in [5, 5.41) is 2.80. The minimum Gasteiger partial charge on any atom is -0.321 e. The fourth-order valence-electron chi connectivity index (χ4n) is 1.47. The van der Waals surface area contributed by atoms with Crippen molar-refractivity contribution >= 4 is 39.1 Å². The Hall–Kier alpha value is -1.46. The van der Waals surface area contributed by atoms with Crippen molar-refractivity contribution < 1.29 is 13.6 Å². The van der Waals surface area contributed by atoms with Gasteiger partial charge in [0, 0.05) is 16.1 Å². The summed E-state index contributed by atoms with van der Waals surface area (Å²) in [6, 6.07) is 7.47. The second-order valence-corrected chi connectivity index (χ2v) is 5.06. The second-order valence-electron chi connectivity index (χ2n) is 3.74. The molecule has 2 aromatic carbocycles. The van der Waals surface area contributed by atoms with Gasteiger partial charge in [-0.15, -0.1) is 0 Å². The molecule has 2 nitrogen and oxygen atoms in total. The van der Waals surface area contributed by atoms with E-state index in [1.54, 1.807) is 18.2 Å². The van der Waals surface area contributed by atoms with Crippen LogP contribution in [-0.4, -0.2) is 5.91 Å². The highest BCUT2D eigenvalue weighted by atomic mass is 79.9.